The molecule has 5 heteroatoms. The van der Waals surface area contributed by atoms with Crippen LogP contribution in [0.1, 0.15) is 22.7 Å². The molecule has 29 heavy (non-hydrogen) atoms. The number of carbonyl (C=O) groups is 2. The molecule has 1 amide bonds. The van der Waals surface area contributed by atoms with Crippen LogP contribution in [0.15, 0.2) is 84.4 Å². The van der Waals surface area contributed by atoms with Crippen molar-refractivity contribution in [3.63, 3.8) is 0 Å². The standard InChI is InChI=1S/C24H18FNO3/c1-15-7-9-16(10-8-15)21-20(22(27)17-11-13-18(25)14-12-17)23(28)24(29)26(21)19-5-3-2-4-6-19/h2-14,21,27H,1H3/t21-/m0/s1. The topological polar surface area (TPSA) is 57.6 Å². The molecule has 3 aromatic carbocycles. The zero-order valence-electron chi connectivity index (χ0n) is 15.7. The molecule has 0 bridgehead atoms. The average Bonchev–Trinajstić information content (AvgIpc) is 3.00. The molecule has 4 nitrogen and oxygen atoms in total. The summed E-state index contributed by atoms with van der Waals surface area (Å²) in [5.41, 5.74) is 2.54. The summed E-state index contributed by atoms with van der Waals surface area (Å²) in [6.07, 6.45) is 0. The highest BCUT2D eigenvalue weighted by molar-refractivity contribution is 6.51. The largest absolute Gasteiger partial charge is 0.507 e. The lowest BCUT2D eigenvalue weighted by atomic mass is 9.94. The van der Waals surface area contributed by atoms with Crippen LogP contribution in [0.3, 0.4) is 0 Å². The Bertz CT molecular complexity index is 1100. The lowest BCUT2D eigenvalue weighted by molar-refractivity contribution is -0.132. The SMILES string of the molecule is Cc1ccc([C@H]2C(=C(O)c3ccc(F)cc3)C(=O)C(=O)N2c2ccccc2)cc1. The van der Waals surface area contributed by atoms with Crippen LogP contribution < -0.4 is 4.90 Å². The predicted molar refractivity (Wildman–Crippen MR) is 109 cm³/mol. The number of ketones is 1. The van der Waals surface area contributed by atoms with Crippen LogP contribution in [0, 0.1) is 12.7 Å². The number of nitrogens with zero attached hydrogens (tertiary/aromatic N) is 1. The summed E-state index contributed by atoms with van der Waals surface area (Å²) < 4.78 is 13.3. The van der Waals surface area contributed by atoms with Gasteiger partial charge in [0.1, 0.15) is 11.6 Å². The minimum Gasteiger partial charge on any atom is -0.507 e. The molecule has 0 aromatic heterocycles. The molecule has 4 rings (SSSR count). The van der Waals surface area contributed by atoms with E-state index in [0.29, 0.717) is 11.3 Å². The molecule has 0 radical (unpaired) electrons. The molecular weight excluding hydrogens is 369 g/mol. The van der Waals surface area contributed by atoms with E-state index in [-0.39, 0.29) is 16.9 Å². The molecular formula is C24H18FNO3. The van der Waals surface area contributed by atoms with Crippen molar-refractivity contribution in [2.45, 2.75) is 13.0 Å². The highest BCUT2D eigenvalue weighted by Crippen LogP contribution is 2.42. The van der Waals surface area contributed by atoms with Crippen LogP contribution in [-0.4, -0.2) is 16.8 Å². The molecule has 1 atom stereocenters. The van der Waals surface area contributed by atoms with Crippen molar-refractivity contribution >= 4 is 23.1 Å². The third kappa shape index (κ3) is 3.31. The van der Waals surface area contributed by atoms with Crippen molar-refractivity contribution in [3.05, 3.63) is 107 Å². The zero-order chi connectivity index (χ0) is 20.5. The van der Waals surface area contributed by atoms with Gasteiger partial charge in [0.2, 0.25) is 0 Å². The minimum absolute atomic E-state index is 0.0192. The Labute approximate surface area is 167 Å². The fourth-order valence-corrected chi connectivity index (χ4v) is 3.51. The fourth-order valence-electron chi connectivity index (χ4n) is 3.51. The number of para-hydroxylation sites is 1. The summed E-state index contributed by atoms with van der Waals surface area (Å²) in [5.74, 6) is -2.28. The van der Waals surface area contributed by atoms with Crippen LogP contribution in [-0.2, 0) is 9.59 Å². The Morgan fingerprint density at radius 1 is 0.897 bits per heavy atom. The van der Waals surface area contributed by atoms with E-state index in [1.807, 2.05) is 37.3 Å². The van der Waals surface area contributed by atoms with Gasteiger partial charge >= 0.3 is 0 Å². The third-order valence-electron chi connectivity index (χ3n) is 4.99. The van der Waals surface area contributed by atoms with E-state index < -0.39 is 23.5 Å². The molecule has 1 aliphatic heterocycles. The molecule has 1 fully saturated rings. The van der Waals surface area contributed by atoms with Crippen molar-refractivity contribution in [2.24, 2.45) is 0 Å². The predicted octanol–water partition coefficient (Wildman–Crippen LogP) is 4.76. The summed E-state index contributed by atoms with van der Waals surface area (Å²) in [6, 6.07) is 20.7. The van der Waals surface area contributed by atoms with Gasteiger partial charge in [-0.15, -0.1) is 0 Å². The van der Waals surface area contributed by atoms with E-state index >= 15 is 0 Å². The van der Waals surface area contributed by atoms with E-state index in [1.54, 1.807) is 24.3 Å². The van der Waals surface area contributed by atoms with Gasteiger partial charge in [-0.25, -0.2) is 4.39 Å². The molecule has 0 spiro atoms. The number of aliphatic hydroxyl groups excluding tert-OH is 1. The van der Waals surface area contributed by atoms with Gasteiger partial charge in [-0.1, -0.05) is 48.0 Å². The summed E-state index contributed by atoms with van der Waals surface area (Å²) in [6.45, 7) is 1.94. The van der Waals surface area contributed by atoms with Crippen LogP contribution in [0.4, 0.5) is 10.1 Å². The Kier molecular flexibility index (Phi) is 4.72. The first-order chi connectivity index (χ1) is 14.0. The van der Waals surface area contributed by atoms with Gasteiger partial charge < -0.3 is 5.11 Å². The van der Waals surface area contributed by atoms with Gasteiger partial charge in [-0.3, -0.25) is 14.5 Å². The van der Waals surface area contributed by atoms with Crippen molar-refractivity contribution < 1.29 is 19.1 Å². The second-order valence-corrected chi connectivity index (χ2v) is 6.92. The van der Waals surface area contributed by atoms with Gasteiger partial charge in [0.25, 0.3) is 11.7 Å². The minimum atomic E-state index is -0.789. The monoisotopic (exact) mass is 387 g/mol. The van der Waals surface area contributed by atoms with Gasteiger partial charge in [-0.05, 0) is 48.9 Å². The third-order valence-corrected chi connectivity index (χ3v) is 4.99. The summed E-state index contributed by atoms with van der Waals surface area (Å²) >= 11 is 0. The number of amides is 1. The Balaban J connectivity index is 1.94. The maximum Gasteiger partial charge on any atom is 0.300 e. The normalized spacial score (nSPS) is 18.3. The number of Topliss-reactive ketones (excluding diaryl/α,β-unsaturated/α-hetero) is 1. The smallest absolute Gasteiger partial charge is 0.300 e. The Hall–Kier alpha value is -3.73. The maximum atomic E-state index is 13.3. The van der Waals surface area contributed by atoms with Crippen LogP contribution in [0.25, 0.3) is 5.76 Å². The number of anilines is 1. The quantitative estimate of drug-likeness (QED) is 0.400. The van der Waals surface area contributed by atoms with Gasteiger partial charge in [0, 0.05) is 11.3 Å². The van der Waals surface area contributed by atoms with Crippen molar-refractivity contribution in [1.82, 2.24) is 0 Å². The average molecular weight is 387 g/mol. The van der Waals surface area contributed by atoms with E-state index in [9.17, 15) is 19.1 Å². The highest BCUT2D eigenvalue weighted by atomic mass is 19.1. The molecule has 144 valence electrons. The summed E-state index contributed by atoms with van der Waals surface area (Å²) in [7, 11) is 0. The number of rotatable bonds is 3. The molecule has 1 aliphatic rings. The highest BCUT2D eigenvalue weighted by Gasteiger charge is 2.46. The van der Waals surface area contributed by atoms with Gasteiger partial charge in [-0.2, -0.15) is 0 Å². The number of hydrogen-bond donors (Lipinski definition) is 1. The molecule has 0 aliphatic carbocycles. The number of aryl methyl sites for hydroxylation is 1. The first kappa shape index (κ1) is 18.6. The zero-order valence-corrected chi connectivity index (χ0v) is 15.7. The Morgan fingerprint density at radius 2 is 1.52 bits per heavy atom. The molecule has 3 aromatic rings. The molecule has 1 saturated heterocycles. The molecule has 0 saturated carbocycles. The lowest BCUT2D eigenvalue weighted by Crippen LogP contribution is -2.29. The van der Waals surface area contributed by atoms with E-state index in [1.165, 1.54) is 29.2 Å². The molecule has 1 heterocycles. The molecule has 1 N–H and O–H groups in total. The van der Waals surface area contributed by atoms with Crippen LogP contribution >= 0.6 is 0 Å². The number of halogens is 1. The van der Waals surface area contributed by atoms with Crippen molar-refractivity contribution in [1.29, 1.82) is 0 Å². The van der Waals surface area contributed by atoms with Gasteiger partial charge in [0.05, 0.1) is 11.6 Å². The van der Waals surface area contributed by atoms with Crippen LogP contribution in [0.5, 0.6) is 0 Å². The van der Waals surface area contributed by atoms with E-state index in [4.69, 9.17) is 0 Å². The lowest BCUT2D eigenvalue weighted by Gasteiger charge is -2.25. The number of benzene rings is 3. The van der Waals surface area contributed by atoms with Crippen molar-refractivity contribution in [2.75, 3.05) is 4.90 Å². The fraction of sp³-hybridized carbons (Fsp3) is 0.0833. The summed E-state index contributed by atoms with van der Waals surface area (Å²) in [5, 5.41) is 10.9. The number of hydrogen-bond acceptors (Lipinski definition) is 3. The van der Waals surface area contributed by atoms with Gasteiger partial charge in [0.15, 0.2) is 0 Å². The first-order valence-electron chi connectivity index (χ1n) is 9.16. The molecule has 0 unspecified atom stereocenters. The van der Waals surface area contributed by atoms with Crippen LogP contribution in [0.2, 0.25) is 0 Å². The number of aliphatic hydroxyl groups is 1. The first-order valence-corrected chi connectivity index (χ1v) is 9.16. The summed E-state index contributed by atoms with van der Waals surface area (Å²) in [4.78, 5) is 27.3. The van der Waals surface area contributed by atoms with E-state index in [2.05, 4.69) is 0 Å². The Morgan fingerprint density at radius 3 is 2.14 bits per heavy atom. The van der Waals surface area contributed by atoms with Crippen molar-refractivity contribution in [3.8, 4) is 0 Å². The number of carbonyl (C=O) groups excluding carboxylic acids is 2. The second-order valence-electron chi connectivity index (χ2n) is 6.92. The van der Waals surface area contributed by atoms with E-state index in [0.717, 1.165) is 5.56 Å². The second kappa shape index (κ2) is 7.36. The maximum absolute atomic E-state index is 13.3.